The molecule has 0 fully saturated rings. The Morgan fingerprint density at radius 1 is 1.35 bits per heavy atom. The first-order chi connectivity index (χ1) is 8.38. The lowest BCUT2D eigenvalue weighted by Crippen LogP contribution is -2.22. The minimum Gasteiger partial charge on any atom is -0.330 e. The lowest BCUT2D eigenvalue weighted by Gasteiger charge is -2.20. The fourth-order valence-corrected chi connectivity index (χ4v) is 2.53. The van der Waals surface area contributed by atoms with E-state index in [1.54, 1.807) is 0 Å². The second-order valence-electron chi connectivity index (χ2n) is 4.61. The van der Waals surface area contributed by atoms with Crippen molar-refractivity contribution in [3.05, 3.63) is 35.8 Å². The van der Waals surface area contributed by atoms with Crippen molar-refractivity contribution >= 4 is 0 Å². The monoisotopic (exact) mass is 228 g/mol. The maximum Gasteiger partial charge on any atom is 0.0956 e. The number of rotatable bonds is 2. The SMILES string of the molecule is NCC1CCc2c(-c3ccncc3)n[nH]c2C1. The van der Waals surface area contributed by atoms with Crippen LogP contribution in [0.4, 0.5) is 0 Å². The third kappa shape index (κ3) is 1.85. The average molecular weight is 228 g/mol. The smallest absolute Gasteiger partial charge is 0.0956 e. The highest BCUT2D eigenvalue weighted by atomic mass is 15.1. The molecule has 2 heterocycles. The largest absolute Gasteiger partial charge is 0.330 e. The summed E-state index contributed by atoms with van der Waals surface area (Å²) in [5.41, 5.74) is 10.6. The van der Waals surface area contributed by atoms with Gasteiger partial charge in [-0.2, -0.15) is 5.10 Å². The van der Waals surface area contributed by atoms with Crippen LogP contribution in [0.5, 0.6) is 0 Å². The Hall–Kier alpha value is -1.68. The van der Waals surface area contributed by atoms with E-state index in [0.29, 0.717) is 5.92 Å². The number of nitrogens with one attached hydrogen (secondary N) is 1. The Morgan fingerprint density at radius 3 is 2.94 bits per heavy atom. The molecule has 0 saturated carbocycles. The standard InChI is InChI=1S/C13H16N4/c14-8-9-1-2-11-12(7-9)16-17-13(11)10-3-5-15-6-4-10/h3-6,9H,1-2,7-8,14H2,(H,16,17). The van der Waals surface area contributed by atoms with Gasteiger partial charge in [0, 0.05) is 29.2 Å². The molecular weight excluding hydrogens is 212 g/mol. The van der Waals surface area contributed by atoms with Crippen LogP contribution in [0.2, 0.25) is 0 Å². The minimum absolute atomic E-state index is 0.605. The summed E-state index contributed by atoms with van der Waals surface area (Å²) in [5.74, 6) is 0.605. The normalized spacial score (nSPS) is 19.0. The second kappa shape index (κ2) is 4.30. The van der Waals surface area contributed by atoms with E-state index in [0.717, 1.165) is 30.6 Å². The summed E-state index contributed by atoms with van der Waals surface area (Å²) in [4.78, 5) is 4.04. The summed E-state index contributed by atoms with van der Waals surface area (Å²) in [6.07, 6.45) is 6.89. The van der Waals surface area contributed by atoms with Gasteiger partial charge in [0.15, 0.2) is 0 Å². The summed E-state index contributed by atoms with van der Waals surface area (Å²) in [6.45, 7) is 0.767. The molecule has 2 aromatic rings. The fourth-order valence-electron chi connectivity index (χ4n) is 2.53. The van der Waals surface area contributed by atoms with Crippen molar-refractivity contribution < 1.29 is 0 Å². The number of nitrogens with zero attached hydrogens (tertiary/aromatic N) is 2. The number of nitrogens with two attached hydrogens (primary N) is 1. The van der Waals surface area contributed by atoms with Gasteiger partial charge in [-0.1, -0.05) is 0 Å². The molecule has 0 amide bonds. The van der Waals surface area contributed by atoms with Gasteiger partial charge >= 0.3 is 0 Å². The summed E-state index contributed by atoms with van der Waals surface area (Å²) >= 11 is 0. The zero-order valence-electron chi connectivity index (χ0n) is 9.69. The van der Waals surface area contributed by atoms with Crippen molar-refractivity contribution in [2.45, 2.75) is 19.3 Å². The Morgan fingerprint density at radius 2 is 2.18 bits per heavy atom. The number of pyridine rings is 1. The second-order valence-corrected chi connectivity index (χ2v) is 4.61. The average Bonchev–Trinajstić information content (AvgIpc) is 2.82. The molecule has 0 spiro atoms. The van der Waals surface area contributed by atoms with E-state index in [-0.39, 0.29) is 0 Å². The van der Waals surface area contributed by atoms with Gasteiger partial charge in [0.05, 0.1) is 5.69 Å². The van der Waals surface area contributed by atoms with E-state index in [1.807, 2.05) is 24.5 Å². The number of aromatic amines is 1. The summed E-state index contributed by atoms with van der Waals surface area (Å²) in [5, 5.41) is 7.61. The molecule has 1 atom stereocenters. The molecular formula is C13H16N4. The topological polar surface area (TPSA) is 67.6 Å². The van der Waals surface area contributed by atoms with E-state index >= 15 is 0 Å². The van der Waals surface area contributed by atoms with E-state index in [4.69, 9.17) is 5.73 Å². The van der Waals surface area contributed by atoms with Crippen molar-refractivity contribution in [1.29, 1.82) is 0 Å². The molecule has 4 heteroatoms. The zero-order valence-corrected chi connectivity index (χ0v) is 9.69. The van der Waals surface area contributed by atoms with Crippen molar-refractivity contribution in [3.63, 3.8) is 0 Å². The van der Waals surface area contributed by atoms with Crippen LogP contribution in [-0.4, -0.2) is 21.7 Å². The van der Waals surface area contributed by atoms with Gasteiger partial charge in [0.2, 0.25) is 0 Å². The van der Waals surface area contributed by atoms with Gasteiger partial charge in [0.1, 0.15) is 0 Å². The molecule has 4 nitrogen and oxygen atoms in total. The maximum atomic E-state index is 5.74. The Bertz CT molecular complexity index is 503. The highest BCUT2D eigenvalue weighted by Gasteiger charge is 2.23. The van der Waals surface area contributed by atoms with E-state index in [9.17, 15) is 0 Å². The van der Waals surface area contributed by atoms with E-state index in [2.05, 4.69) is 15.2 Å². The molecule has 0 radical (unpaired) electrons. The van der Waals surface area contributed by atoms with Crippen LogP contribution in [-0.2, 0) is 12.8 Å². The molecule has 0 bridgehead atoms. The molecule has 2 aromatic heterocycles. The van der Waals surface area contributed by atoms with Crippen LogP contribution in [0.15, 0.2) is 24.5 Å². The minimum atomic E-state index is 0.605. The number of hydrogen-bond donors (Lipinski definition) is 2. The fraction of sp³-hybridized carbons (Fsp3) is 0.385. The van der Waals surface area contributed by atoms with Crippen LogP contribution in [0.1, 0.15) is 17.7 Å². The Kier molecular flexibility index (Phi) is 2.65. The first-order valence-electron chi connectivity index (χ1n) is 6.05. The number of fused-ring (bicyclic) bond motifs is 1. The first kappa shape index (κ1) is 10.5. The van der Waals surface area contributed by atoms with Gasteiger partial charge in [-0.3, -0.25) is 10.1 Å². The highest BCUT2D eigenvalue weighted by molar-refractivity contribution is 5.63. The molecule has 17 heavy (non-hydrogen) atoms. The van der Waals surface area contributed by atoms with Gasteiger partial charge in [-0.05, 0) is 43.9 Å². The molecule has 3 N–H and O–H groups in total. The van der Waals surface area contributed by atoms with E-state index < -0.39 is 0 Å². The molecule has 0 saturated heterocycles. The van der Waals surface area contributed by atoms with E-state index in [1.165, 1.54) is 17.7 Å². The maximum absolute atomic E-state index is 5.74. The predicted octanol–water partition coefficient (Wildman–Crippen LogP) is 1.54. The van der Waals surface area contributed by atoms with Crippen LogP contribution in [0.3, 0.4) is 0 Å². The molecule has 0 aliphatic heterocycles. The third-order valence-corrected chi connectivity index (χ3v) is 3.54. The zero-order chi connectivity index (χ0) is 11.7. The van der Waals surface area contributed by atoms with Crippen molar-refractivity contribution in [2.24, 2.45) is 11.7 Å². The van der Waals surface area contributed by atoms with Crippen LogP contribution in [0.25, 0.3) is 11.3 Å². The van der Waals surface area contributed by atoms with Gasteiger partial charge in [-0.25, -0.2) is 0 Å². The third-order valence-electron chi connectivity index (χ3n) is 3.54. The van der Waals surface area contributed by atoms with Crippen molar-refractivity contribution in [3.8, 4) is 11.3 Å². The molecule has 88 valence electrons. The van der Waals surface area contributed by atoms with Gasteiger partial charge in [0.25, 0.3) is 0 Å². The number of hydrogen-bond acceptors (Lipinski definition) is 3. The molecule has 1 aliphatic carbocycles. The summed E-state index contributed by atoms with van der Waals surface area (Å²) in [7, 11) is 0. The summed E-state index contributed by atoms with van der Waals surface area (Å²) in [6, 6.07) is 4.01. The molecule has 3 rings (SSSR count). The van der Waals surface area contributed by atoms with Gasteiger partial charge < -0.3 is 5.73 Å². The van der Waals surface area contributed by atoms with Crippen molar-refractivity contribution in [1.82, 2.24) is 15.2 Å². The lowest BCUT2D eigenvalue weighted by atomic mass is 9.86. The molecule has 0 aromatic carbocycles. The Labute approximate surface area is 100 Å². The van der Waals surface area contributed by atoms with Crippen LogP contribution in [0, 0.1) is 5.92 Å². The van der Waals surface area contributed by atoms with Crippen LogP contribution < -0.4 is 5.73 Å². The predicted molar refractivity (Wildman–Crippen MR) is 66.4 cm³/mol. The molecule has 1 aliphatic rings. The van der Waals surface area contributed by atoms with Gasteiger partial charge in [-0.15, -0.1) is 0 Å². The Balaban J connectivity index is 1.97. The van der Waals surface area contributed by atoms with Crippen LogP contribution >= 0.6 is 0 Å². The summed E-state index contributed by atoms with van der Waals surface area (Å²) < 4.78 is 0. The molecule has 1 unspecified atom stereocenters. The number of H-pyrrole nitrogens is 1. The van der Waals surface area contributed by atoms with Crippen molar-refractivity contribution in [2.75, 3.05) is 6.54 Å². The quantitative estimate of drug-likeness (QED) is 0.819. The lowest BCUT2D eigenvalue weighted by molar-refractivity contribution is 0.464. The first-order valence-corrected chi connectivity index (χ1v) is 6.05. The highest BCUT2D eigenvalue weighted by Crippen LogP contribution is 2.30. The number of aromatic nitrogens is 3.